The van der Waals surface area contributed by atoms with Crippen LogP contribution in [-0.4, -0.2) is 35.7 Å². The van der Waals surface area contributed by atoms with E-state index in [9.17, 15) is 9.59 Å². The molecule has 5 nitrogen and oxygen atoms in total. The fourth-order valence-electron chi connectivity index (χ4n) is 4.00. The standard InChI is InChI=1S/C24H28Cl2N2O3/c1-31-21-9-5-6-18(14-21)23(24(30)27-20-7-3-2-4-8-20)28(22(29)15-25)16-17-10-12-19(26)13-11-17/h5-6,9-14,20,23H,2-4,7-8,15-16H2,1H3,(H,27,30)/t23-/m1/s1. The van der Waals surface area contributed by atoms with Gasteiger partial charge in [-0.25, -0.2) is 0 Å². The Hall–Kier alpha value is -2.24. The van der Waals surface area contributed by atoms with Gasteiger partial charge in [-0.05, 0) is 48.2 Å². The topological polar surface area (TPSA) is 58.6 Å². The predicted octanol–water partition coefficient (Wildman–Crippen LogP) is 5.11. The maximum Gasteiger partial charge on any atom is 0.247 e. The van der Waals surface area contributed by atoms with E-state index in [2.05, 4.69) is 5.32 Å². The summed E-state index contributed by atoms with van der Waals surface area (Å²) >= 11 is 12.0. The number of carbonyl (C=O) groups is 2. The van der Waals surface area contributed by atoms with E-state index in [1.165, 1.54) is 11.3 Å². The van der Waals surface area contributed by atoms with Gasteiger partial charge in [-0.15, -0.1) is 11.6 Å². The van der Waals surface area contributed by atoms with E-state index in [1.807, 2.05) is 30.3 Å². The third kappa shape index (κ3) is 6.37. The van der Waals surface area contributed by atoms with Crippen molar-refractivity contribution in [2.45, 2.75) is 50.7 Å². The van der Waals surface area contributed by atoms with Gasteiger partial charge in [0.25, 0.3) is 0 Å². The maximum absolute atomic E-state index is 13.5. The molecular weight excluding hydrogens is 435 g/mol. The second-order valence-corrected chi connectivity index (χ2v) is 8.51. The number of ether oxygens (including phenoxy) is 1. The molecule has 0 aliphatic heterocycles. The molecular formula is C24H28Cl2N2O3. The minimum absolute atomic E-state index is 0.123. The Bertz CT molecular complexity index is 883. The van der Waals surface area contributed by atoms with Crippen LogP contribution in [0.1, 0.15) is 49.3 Å². The summed E-state index contributed by atoms with van der Waals surface area (Å²) in [6, 6.07) is 13.8. The number of methoxy groups -OCH3 is 1. The average Bonchev–Trinajstić information content (AvgIpc) is 2.80. The first kappa shape index (κ1) is 23.4. The Morgan fingerprint density at radius 1 is 1.13 bits per heavy atom. The number of halogens is 2. The van der Waals surface area contributed by atoms with Crippen LogP contribution >= 0.6 is 23.2 Å². The summed E-state index contributed by atoms with van der Waals surface area (Å²) in [7, 11) is 1.58. The van der Waals surface area contributed by atoms with E-state index in [-0.39, 0.29) is 30.3 Å². The quantitative estimate of drug-likeness (QED) is 0.554. The first-order valence-electron chi connectivity index (χ1n) is 10.6. The molecule has 2 aromatic carbocycles. The molecule has 0 radical (unpaired) electrons. The third-order valence-electron chi connectivity index (χ3n) is 5.62. The van der Waals surface area contributed by atoms with Crippen LogP contribution in [0.2, 0.25) is 5.02 Å². The number of hydrogen-bond acceptors (Lipinski definition) is 3. The van der Waals surface area contributed by atoms with E-state index in [0.717, 1.165) is 31.2 Å². The van der Waals surface area contributed by atoms with Crippen LogP contribution in [0, 0.1) is 0 Å². The maximum atomic E-state index is 13.5. The van der Waals surface area contributed by atoms with Gasteiger partial charge in [0.05, 0.1) is 7.11 Å². The summed E-state index contributed by atoms with van der Waals surface area (Å²) < 4.78 is 5.36. The molecule has 1 aliphatic carbocycles. The average molecular weight is 463 g/mol. The number of benzene rings is 2. The molecule has 0 bridgehead atoms. The van der Waals surface area contributed by atoms with Gasteiger partial charge in [0.15, 0.2) is 0 Å². The van der Waals surface area contributed by atoms with Crippen LogP contribution < -0.4 is 10.1 Å². The first-order valence-corrected chi connectivity index (χ1v) is 11.5. The van der Waals surface area contributed by atoms with Crippen molar-refractivity contribution in [2.24, 2.45) is 0 Å². The van der Waals surface area contributed by atoms with Crippen LogP contribution in [-0.2, 0) is 16.1 Å². The van der Waals surface area contributed by atoms with Crippen LogP contribution in [0.5, 0.6) is 5.75 Å². The van der Waals surface area contributed by atoms with Crippen molar-refractivity contribution < 1.29 is 14.3 Å². The highest BCUT2D eigenvalue weighted by atomic mass is 35.5. The molecule has 1 aliphatic rings. The lowest BCUT2D eigenvalue weighted by molar-refractivity contribution is -0.140. The Balaban J connectivity index is 1.95. The van der Waals surface area contributed by atoms with Gasteiger partial charge in [0.1, 0.15) is 17.7 Å². The molecule has 1 N–H and O–H groups in total. The molecule has 3 rings (SSSR count). The zero-order chi connectivity index (χ0) is 22.2. The monoisotopic (exact) mass is 462 g/mol. The lowest BCUT2D eigenvalue weighted by atomic mass is 9.94. The van der Waals surface area contributed by atoms with Crippen molar-refractivity contribution in [3.05, 3.63) is 64.7 Å². The van der Waals surface area contributed by atoms with Crippen molar-refractivity contribution in [3.8, 4) is 5.75 Å². The fourth-order valence-corrected chi connectivity index (χ4v) is 4.28. The normalized spacial score (nSPS) is 15.2. The minimum atomic E-state index is -0.820. The lowest BCUT2D eigenvalue weighted by Crippen LogP contribution is -2.47. The Morgan fingerprint density at radius 3 is 2.48 bits per heavy atom. The van der Waals surface area contributed by atoms with Gasteiger partial charge in [0, 0.05) is 17.6 Å². The highest BCUT2D eigenvalue weighted by Gasteiger charge is 2.33. The predicted molar refractivity (Wildman–Crippen MR) is 123 cm³/mol. The Labute approximate surface area is 193 Å². The SMILES string of the molecule is COc1cccc([C@H](C(=O)NC2CCCCC2)N(Cc2ccc(Cl)cc2)C(=O)CCl)c1. The van der Waals surface area contributed by atoms with Gasteiger partial charge in [-0.1, -0.05) is 55.1 Å². The summed E-state index contributed by atoms with van der Waals surface area (Å²) in [5, 5.41) is 3.78. The summed E-state index contributed by atoms with van der Waals surface area (Å²) in [5.41, 5.74) is 1.54. The van der Waals surface area contributed by atoms with Crippen molar-refractivity contribution in [1.82, 2.24) is 10.2 Å². The molecule has 0 unspecified atom stereocenters. The number of nitrogens with zero attached hydrogens (tertiary/aromatic N) is 1. The Kier molecular flexibility index (Phi) is 8.61. The first-order chi connectivity index (χ1) is 15.0. The summed E-state index contributed by atoms with van der Waals surface area (Å²) in [5.74, 6) is -0.112. The van der Waals surface area contributed by atoms with Crippen LogP contribution in [0.3, 0.4) is 0 Å². The molecule has 0 spiro atoms. The van der Waals surface area contributed by atoms with Gasteiger partial charge < -0.3 is 15.0 Å². The van der Waals surface area contributed by atoms with Crippen LogP contribution in [0.15, 0.2) is 48.5 Å². The number of carbonyl (C=O) groups excluding carboxylic acids is 2. The minimum Gasteiger partial charge on any atom is -0.497 e. The Morgan fingerprint density at radius 2 is 1.84 bits per heavy atom. The van der Waals surface area contributed by atoms with E-state index in [0.29, 0.717) is 16.3 Å². The van der Waals surface area contributed by atoms with Gasteiger partial charge in [0.2, 0.25) is 11.8 Å². The molecule has 1 saturated carbocycles. The molecule has 0 heterocycles. The lowest BCUT2D eigenvalue weighted by Gasteiger charge is -2.33. The number of alkyl halides is 1. The highest BCUT2D eigenvalue weighted by Crippen LogP contribution is 2.28. The highest BCUT2D eigenvalue weighted by molar-refractivity contribution is 6.30. The molecule has 2 amide bonds. The fraction of sp³-hybridized carbons (Fsp3) is 0.417. The summed E-state index contributed by atoms with van der Waals surface area (Å²) in [6.45, 7) is 0.239. The largest absolute Gasteiger partial charge is 0.497 e. The molecule has 0 aromatic heterocycles. The summed E-state index contributed by atoms with van der Waals surface area (Å²) in [6.07, 6.45) is 5.31. The molecule has 2 aromatic rings. The van der Waals surface area contributed by atoms with Gasteiger partial charge >= 0.3 is 0 Å². The zero-order valence-electron chi connectivity index (χ0n) is 17.7. The van der Waals surface area contributed by atoms with E-state index >= 15 is 0 Å². The molecule has 166 valence electrons. The smallest absolute Gasteiger partial charge is 0.247 e. The zero-order valence-corrected chi connectivity index (χ0v) is 19.2. The van der Waals surface area contributed by atoms with Crippen molar-refractivity contribution in [2.75, 3.05) is 13.0 Å². The van der Waals surface area contributed by atoms with Gasteiger partial charge in [-0.2, -0.15) is 0 Å². The van der Waals surface area contributed by atoms with Crippen LogP contribution in [0.25, 0.3) is 0 Å². The summed E-state index contributed by atoms with van der Waals surface area (Å²) in [4.78, 5) is 27.9. The second-order valence-electron chi connectivity index (χ2n) is 7.80. The van der Waals surface area contributed by atoms with Gasteiger partial charge in [-0.3, -0.25) is 9.59 Å². The number of hydrogen-bond donors (Lipinski definition) is 1. The van der Waals surface area contributed by atoms with Crippen LogP contribution in [0.4, 0.5) is 0 Å². The molecule has 0 saturated heterocycles. The van der Waals surface area contributed by atoms with Crippen molar-refractivity contribution in [1.29, 1.82) is 0 Å². The molecule has 31 heavy (non-hydrogen) atoms. The molecule has 7 heteroatoms. The number of rotatable bonds is 8. The van der Waals surface area contributed by atoms with E-state index in [1.54, 1.807) is 25.3 Å². The molecule has 1 fully saturated rings. The third-order valence-corrected chi connectivity index (χ3v) is 6.10. The molecule has 1 atom stereocenters. The van der Waals surface area contributed by atoms with Crippen molar-refractivity contribution in [3.63, 3.8) is 0 Å². The van der Waals surface area contributed by atoms with Crippen molar-refractivity contribution >= 4 is 35.0 Å². The van der Waals surface area contributed by atoms with E-state index < -0.39 is 6.04 Å². The second kappa shape index (κ2) is 11.4. The number of nitrogens with one attached hydrogen (secondary N) is 1. The van der Waals surface area contributed by atoms with E-state index in [4.69, 9.17) is 27.9 Å². The number of amides is 2.